The van der Waals surface area contributed by atoms with Crippen LogP contribution in [0.15, 0.2) is 18.2 Å². The van der Waals surface area contributed by atoms with Crippen LogP contribution in [0.1, 0.15) is 61.8 Å². The van der Waals surface area contributed by atoms with E-state index >= 15 is 0 Å². The van der Waals surface area contributed by atoms with Gasteiger partial charge >= 0.3 is 0 Å². The maximum absolute atomic E-state index is 12.6. The molecule has 2 atom stereocenters. The van der Waals surface area contributed by atoms with E-state index in [1.807, 2.05) is 0 Å². The van der Waals surface area contributed by atoms with E-state index in [-0.39, 0.29) is 6.04 Å². The third kappa shape index (κ3) is 4.65. The van der Waals surface area contributed by atoms with Crippen molar-refractivity contribution in [2.75, 3.05) is 12.3 Å². The maximum Gasteiger partial charge on any atom is 0.0439 e. The lowest BCUT2D eigenvalue weighted by atomic mass is 10.00. The quantitative estimate of drug-likeness (QED) is 0.824. The van der Waals surface area contributed by atoms with Crippen molar-refractivity contribution in [1.82, 2.24) is 5.32 Å². The molecule has 2 unspecified atom stereocenters. The number of hydrogen-bond acceptors (Lipinski definition) is 2. The molecule has 1 fully saturated rings. The molecule has 0 saturated heterocycles. The lowest BCUT2D eigenvalue weighted by Gasteiger charge is -2.22. The topological polar surface area (TPSA) is 29.1 Å². The number of rotatable bonds is 7. The third-order valence-corrected chi connectivity index (χ3v) is 6.32. The van der Waals surface area contributed by atoms with Crippen LogP contribution >= 0.6 is 0 Å². The first-order chi connectivity index (χ1) is 10.1. The van der Waals surface area contributed by atoms with E-state index in [1.165, 1.54) is 29.5 Å². The molecule has 2 nitrogen and oxygen atoms in total. The van der Waals surface area contributed by atoms with E-state index in [1.54, 1.807) is 0 Å². The van der Waals surface area contributed by atoms with E-state index in [0.29, 0.717) is 5.25 Å². The first kappa shape index (κ1) is 16.7. The first-order valence-corrected chi connectivity index (χ1v) is 9.67. The van der Waals surface area contributed by atoms with E-state index in [9.17, 15) is 4.21 Å². The maximum atomic E-state index is 12.6. The summed E-state index contributed by atoms with van der Waals surface area (Å²) in [6.45, 7) is 7.46. The molecule has 0 aliphatic heterocycles. The Morgan fingerprint density at radius 2 is 2.00 bits per heavy atom. The lowest BCUT2D eigenvalue weighted by Crippen LogP contribution is -2.30. The predicted molar refractivity (Wildman–Crippen MR) is 92.2 cm³/mol. The fraction of sp³-hybridized carbons (Fsp3) is 0.667. The standard InChI is InChI=1S/C18H29NOS/c1-4-11-19-18(13-21(20)16-7-5-6-8-16)17-10-9-14(2)12-15(17)3/h9-10,12,16,18-19H,4-8,11,13H2,1-3H3. The Kier molecular flexibility index (Phi) is 6.43. The summed E-state index contributed by atoms with van der Waals surface area (Å²) in [7, 11) is -0.706. The Morgan fingerprint density at radius 1 is 1.29 bits per heavy atom. The molecule has 1 aliphatic carbocycles. The molecule has 0 heterocycles. The Balaban J connectivity index is 2.11. The van der Waals surface area contributed by atoms with E-state index in [2.05, 4.69) is 44.3 Å². The van der Waals surface area contributed by atoms with Gasteiger partial charge in [0.25, 0.3) is 0 Å². The van der Waals surface area contributed by atoms with Crippen LogP contribution in [0.25, 0.3) is 0 Å². The molecule has 0 amide bonds. The highest BCUT2D eigenvalue weighted by Crippen LogP contribution is 2.26. The normalized spacial score (nSPS) is 18.8. The fourth-order valence-electron chi connectivity index (χ4n) is 3.25. The van der Waals surface area contributed by atoms with Gasteiger partial charge in [0, 0.05) is 27.8 Å². The zero-order valence-corrected chi connectivity index (χ0v) is 14.5. The number of aryl methyl sites for hydroxylation is 2. The van der Waals surface area contributed by atoms with Crippen LogP contribution in [0, 0.1) is 13.8 Å². The Morgan fingerprint density at radius 3 is 2.62 bits per heavy atom. The molecule has 1 N–H and O–H groups in total. The number of nitrogens with one attached hydrogen (secondary N) is 1. The molecule has 0 aromatic heterocycles. The molecule has 21 heavy (non-hydrogen) atoms. The van der Waals surface area contributed by atoms with Gasteiger partial charge in [-0.3, -0.25) is 4.21 Å². The van der Waals surface area contributed by atoms with Gasteiger partial charge in [0.05, 0.1) is 0 Å². The molecule has 1 aliphatic rings. The van der Waals surface area contributed by atoms with Crippen molar-refractivity contribution >= 4 is 10.8 Å². The first-order valence-electron chi connectivity index (χ1n) is 8.29. The van der Waals surface area contributed by atoms with Crippen LogP contribution in [0.2, 0.25) is 0 Å². The number of benzene rings is 1. The molecule has 3 heteroatoms. The van der Waals surface area contributed by atoms with Gasteiger partial charge in [-0.25, -0.2) is 0 Å². The average molecular weight is 308 g/mol. The highest BCUT2D eigenvalue weighted by molar-refractivity contribution is 7.85. The van der Waals surface area contributed by atoms with Crippen molar-refractivity contribution in [2.45, 2.75) is 64.2 Å². The van der Waals surface area contributed by atoms with Crippen LogP contribution in [-0.2, 0) is 10.8 Å². The molecule has 118 valence electrons. The Bertz CT molecular complexity index is 480. The van der Waals surface area contributed by atoms with Crippen LogP contribution in [0.5, 0.6) is 0 Å². The van der Waals surface area contributed by atoms with Gasteiger partial charge in [0.15, 0.2) is 0 Å². The van der Waals surface area contributed by atoms with Crippen molar-refractivity contribution in [2.24, 2.45) is 0 Å². The van der Waals surface area contributed by atoms with E-state index < -0.39 is 10.8 Å². The summed E-state index contributed by atoms with van der Waals surface area (Å²) in [5.41, 5.74) is 3.93. The van der Waals surface area contributed by atoms with E-state index in [4.69, 9.17) is 0 Å². The molecule has 0 spiro atoms. The zero-order valence-electron chi connectivity index (χ0n) is 13.7. The molecular weight excluding hydrogens is 278 g/mol. The van der Waals surface area contributed by atoms with Gasteiger partial charge < -0.3 is 5.32 Å². The van der Waals surface area contributed by atoms with Gasteiger partial charge in [0.1, 0.15) is 0 Å². The van der Waals surface area contributed by atoms with Gasteiger partial charge in [-0.2, -0.15) is 0 Å². The van der Waals surface area contributed by atoms with Crippen LogP contribution < -0.4 is 5.32 Å². The van der Waals surface area contributed by atoms with Crippen molar-refractivity contribution < 1.29 is 4.21 Å². The van der Waals surface area contributed by atoms with E-state index in [0.717, 1.165) is 31.6 Å². The molecular formula is C18H29NOS. The molecule has 2 rings (SSSR count). The molecule has 0 bridgehead atoms. The predicted octanol–water partition coefficient (Wildman–Crippen LogP) is 4.04. The SMILES string of the molecule is CCCNC(CS(=O)C1CCCC1)c1ccc(C)cc1C. The Labute approximate surface area is 132 Å². The van der Waals surface area contributed by atoms with Crippen molar-refractivity contribution in [3.8, 4) is 0 Å². The highest BCUT2D eigenvalue weighted by atomic mass is 32.2. The largest absolute Gasteiger partial charge is 0.309 e. The molecule has 1 aromatic rings. The summed E-state index contributed by atoms with van der Waals surface area (Å²) in [5, 5.41) is 4.04. The minimum atomic E-state index is -0.706. The van der Waals surface area contributed by atoms with Crippen LogP contribution in [0.4, 0.5) is 0 Å². The second-order valence-electron chi connectivity index (χ2n) is 6.32. The van der Waals surface area contributed by atoms with Gasteiger partial charge in [-0.15, -0.1) is 0 Å². The van der Waals surface area contributed by atoms with Crippen LogP contribution in [0.3, 0.4) is 0 Å². The highest BCUT2D eigenvalue weighted by Gasteiger charge is 2.25. The fourth-order valence-corrected chi connectivity index (χ4v) is 5.00. The summed E-state index contributed by atoms with van der Waals surface area (Å²) in [6.07, 6.45) is 5.93. The second kappa shape index (κ2) is 8.09. The molecule has 1 aromatic carbocycles. The summed E-state index contributed by atoms with van der Waals surface area (Å²) < 4.78 is 12.6. The monoisotopic (exact) mass is 307 g/mol. The minimum Gasteiger partial charge on any atom is -0.309 e. The van der Waals surface area contributed by atoms with Crippen molar-refractivity contribution in [3.05, 3.63) is 34.9 Å². The lowest BCUT2D eigenvalue weighted by molar-refractivity contribution is 0.565. The Hall–Kier alpha value is -0.670. The molecule has 1 saturated carbocycles. The van der Waals surface area contributed by atoms with Crippen LogP contribution in [-0.4, -0.2) is 21.8 Å². The number of hydrogen-bond donors (Lipinski definition) is 1. The summed E-state index contributed by atoms with van der Waals surface area (Å²) >= 11 is 0. The smallest absolute Gasteiger partial charge is 0.0439 e. The van der Waals surface area contributed by atoms with Gasteiger partial charge in [-0.1, -0.05) is 43.5 Å². The second-order valence-corrected chi connectivity index (χ2v) is 8.08. The third-order valence-electron chi connectivity index (χ3n) is 4.45. The molecule has 0 radical (unpaired) electrons. The van der Waals surface area contributed by atoms with Crippen molar-refractivity contribution in [3.63, 3.8) is 0 Å². The van der Waals surface area contributed by atoms with Gasteiger partial charge in [-0.05, 0) is 50.8 Å². The minimum absolute atomic E-state index is 0.229. The average Bonchev–Trinajstić information content (AvgIpc) is 2.98. The van der Waals surface area contributed by atoms with Crippen molar-refractivity contribution in [1.29, 1.82) is 0 Å². The summed E-state index contributed by atoms with van der Waals surface area (Å²) in [6, 6.07) is 6.84. The summed E-state index contributed by atoms with van der Waals surface area (Å²) in [4.78, 5) is 0. The van der Waals surface area contributed by atoms with Gasteiger partial charge in [0.2, 0.25) is 0 Å². The summed E-state index contributed by atoms with van der Waals surface area (Å²) in [5.74, 6) is 0.758. The zero-order chi connectivity index (χ0) is 15.2.